The second-order valence-electron chi connectivity index (χ2n) is 5.54. The van der Waals surface area contributed by atoms with E-state index in [-0.39, 0.29) is 6.09 Å². The third-order valence-electron chi connectivity index (χ3n) is 2.53. The Bertz CT molecular complexity index is 551. The van der Waals surface area contributed by atoms with Gasteiger partial charge in [0.2, 0.25) is 0 Å². The zero-order valence-corrected chi connectivity index (χ0v) is 11.7. The van der Waals surface area contributed by atoms with Gasteiger partial charge in [-0.05, 0) is 32.9 Å². The van der Waals surface area contributed by atoms with Gasteiger partial charge in [0.05, 0.1) is 17.6 Å². The average Bonchev–Trinajstić information content (AvgIpc) is 2.68. The number of nitrogens with one attached hydrogen (secondary N) is 1. The van der Waals surface area contributed by atoms with E-state index in [1.54, 1.807) is 7.05 Å². The number of aromatic nitrogens is 2. The van der Waals surface area contributed by atoms with E-state index in [2.05, 4.69) is 9.97 Å². The zero-order valence-electron chi connectivity index (χ0n) is 11.7. The van der Waals surface area contributed by atoms with Crippen LogP contribution in [0.2, 0.25) is 0 Å². The molecule has 0 saturated carbocycles. The van der Waals surface area contributed by atoms with Gasteiger partial charge < -0.3 is 14.6 Å². The number of hydrogen-bond acceptors (Lipinski definition) is 3. The van der Waals surface area contributed by atoms with E-state index in [0.717, 1.165) is 16.9 Å². The number of benzene rings is 1. The zero-order chi connectivity index (χ0) is 14.0. The summed E-state index contributed by atoms with van der Waals surface area (Å²) in [7, 11) is 1.70. The Kier molecular flexibility index (Phi) is 3.46. The van der Waals surface area contributed by atoms with Crippen molar-refractivity contribution >= 4 is 17.1 Å². The molecule has 102 valence electrons. The molecule has 0 fully saturated rings. The molecular formula is C14H19N3O2. The molecule has 1 heterocycles. The van der Waals surface area contributed by atoms with E-state index in [4.69, 9.17) is 4.74 Å². The standard InChI is InChI=1S/C14H19N3O2/c1-14(2,3)19-13(18)17(4)9-12-15-10-7-5-6-8-11(10)16-12/h5-8H,9H2,1-4H3,(H,15,16). The van der Waals surface area contributed by atoms with E-state index in [0.29, 0.717) is 6.54 Å². The van der Waals surface area contributed by atoms with Gasteiger partial charge in [0.15, 0.2) is 0 Å². The van der Waals surface area contributed by atoms with Crippen LogP contribution in [0.15, 0.2) is 24.3 Å². The van der Waals surface area contributed by atoms with Crippen LogP contribution in [0.5, 0.6) is 0 Å². The fourth-order valence-corrected chi connectivity index (χ4v) is 1.71. The molecule has 0 radical (unpaired) electrons. The number of fused-ring (bicyclic) bond motifs is 1. The Hall–Kier alpha value is -2.04. The van der Waals surface area contributed by atoms with E-state index >= 15 is 0 Å². The Morgan fingerprint density at radius 3 is 2.68 bits per heavy atom. The van der Waals surface area contributed by atoms with Crippen LogP contribution in [0.25, 0.3) is 11.0 Å². The molecule has 1 aromatic carbocycles. The molecule has 1 aromatic heterocycles. The van der Waals surface area contributed by atoms with Crippen molar-refractivity contribution in [1.29, 1.82) is 0 Å². The predicted octanol–water partition coefficient (Wildman–Crippen LogP) is 2.93. The number of aromatic amines is 1. The summed E-state index contributed by atoms with van der Waals surface area (Å²) in [6.45, 7) is 5.93. The summed E-state index contributed by atoms with van der Waals surface area (Å²) in [6, 6.07) is 7.77. The number of para-hydroxylation sites is 2. The van der Waals surface area contributed by atoms with Crippen molar-refractivity contribution in [2.75, 3.05) is 7.05 Å². The molecule has 0 bridgehead atoms. The Balaban J connectivity index is 2.06. The Morgan fingerprint density at radius 1 is 1.37 bits per heavy atom. The number of H-pyrrole nitrogens is 1. The van der Waals surface area contributed by atoms with Gasteiger partial charge in [-0.2, -0.15) is 0 Å². The number of imidazole rings is 1. The lowest BCUT2D eigenvalue weighted by atomic mass is 10.2. The Morgan fingerprint density at radius 2 is 2.05 bits per heavy atom. The minimum Gasteiger partial charge on any atom is -0.444 e. The van der Waals surface area contributed by atoms with Crippen LogP contribution in [0.4, 0.5) is 4.79 Å². The molecule has 0 aliphatic rings. The maximum Gasteiger partial charge on any atom is 0.410 e. The molecule has 1 N–H and O–H groups in total. The number of hydrogen-bond donors (Lipinski definition) is 1. The van der Waals surface area contributed by atoms with E-state index in [9.17, 15) is 4.79 Å². The minimum absolute atomic E-state index is 0.354. The average molecular weight is 261 g/mol. The van der Waals surface area contributed by atoms with Crippen molar-refractivity contribution in [2.24, 2.45) is 0 Å². The Labute approximate surface area is 112 Å². The lowest BCUT2D eigenvalue weighted by Crippen LogP contribution is -2.34. The van der Waals surface area contributed by atoms with Crippen LogP contribution < -0.4 is 0 Å². The molecule has 19 heavy (non-hydrogen) atoms. The second-order valence-corrected chi connectivity index (χ2v) is 5.54. The van der Waals surface area contributed by atoms with E-state index in [1.165, 1.54) is 4.90 Å². The summed E-state index contributed by atoms with van der Waals surface area (Å²) >= 11 is 0. The second kappa shape index (κ2) is 4.91. The largest absolute Gasteiger partial charge is 0.444 e. The molecule has 2 aromatic rings. The van der Waals surface area contributed by atoms with Crippen molar-refractivity contribution < 1.29 is 9.53 Å². The number of nitrogens with zero attached hydrogens (tertiary/aromatic N) is 2. The minimum atomic E-state index is -0.487. The summed E-state index contributed by atoms with van der Waals surface area (Å²) in [4.78, 5) is 21.0. The summed E-state index contributed by atoms with van der Waals surface area (Å²) < 4.78 is 5.29. The quantitative estimate of drug-likeness (QED) is 0.904. The summed E-state index contributed by atoms with van der Waals surface area (Å²) in [5, 5.41) is 0. The van der Waals surface area contributed by atoms with Crippen LogP contribution in [-0.4, -0.2) is 33.6 Å². The maximum absolute atomic E-state index is 11.8. The topological polar surface area (TPSA) is 58.2 Å². The van der Waals surface area contributed by atoms with Gasteiger partial charge in [-0.15, -0.1) is 0 Å². The van der Waals surface area contributed by atoms with Gasteiger partial charge in [0.1, 0.15) is 11.4 Å². The molecule has 0 unspecified atom stereocenters. The van der Waals surface area contributed by atoms with Crippen molar-refractivity contribution in [3.63, 3.8) is 0 Å². The van der Waals surface area contributed by atoms with Crippen molar-refractivity contribution in [2.45, 2.75) is 32.9 Å². The van der Waals surface area contributed by atoms with Crippen LogP contribution in [0.3, 0.4) is 0 Å². The first-order valence-electron chi connectivity index (χ1n) is 6.23. The van der Waals surface area contributed by atoms with Crippen LogP contribution >= 0.6 is 0 Å². The molecule has 1 amide bonds. The molecule has 0 aliphatic heterocycles. The lowest BCUT2D eigenvalue weighted by Gasteiger charge is -2.24. The number of carbonyl (C=O) groups excluding carboxylic acids is 1. The van der Waals surface area contributed by atoms with Crippen molar-refractivity contribution in [3.8, 4) is 0 Å². The number of amides is 1. The van der Waals surface area contributed by atoms with Crippen LogP contribution in [-0.2, 0) is 11.3 Å². The summed E-state index contributed by atoms with van der Waals surface area (Å²) in [5.74, 6) is 0.745. The van der Waals surface area contributed by atoms with Crippen molar-refractivity contribution in [3.05, 3.63) is 30.1 Å². The molecule has 0 aliphatic carbocycles. The molecule has 0 saturated heterocycles. The molecule has 5 nitrogen and oxygen atoms in total. The van der Waals surface area contributed by atoms with Gasteiger partial charge >= 0.3 is 6.09 Å². The number of rotatable bonds is 2. The van der Waals surface area contributed by atoms with Crippen LogP contribution in [0, 0.1) is 0 Å². The van der Waals surface area contributed by atoms with E-state index in [1.807, 2.05) is 45.0 Å². The highest BCUT2D eigenvalue weighted by Crippen LogP contribution is 2.13. The molecule has 0 spiro atoms. The smallest absolute Gasteiger partial charge is 0.410 e. The predicted molar refractivity (Wildman–Crippen MR) is 73.8 cm³/mol. The maximum atomic E-state index is 11.8. The molecule has 0 atom stereocenters. The van der Waals surface area contributed by atoms with Crippen molar-refractivity contribution in [1.82, 2.24) is 14.9 Å². The summed E-state index contributed by atoms with van der Waals surface area (Å²) in [5.41, 5.74) is 1.38. The van der Waals surface area contributed by atoms with E-state index < -0.39 is 5.60 Å². The fourth-order valence-electron chi connectivity index (χ4n) is 1.71. The SMILES string of the molecule is CN(Cc1nc2ccccc2[nH]1)C(=O)OC(C)(C)C. The highest BCUT2D eigenvalue weighted by Gasteiger charge is 2.20. The molecular weight excluding hydrogens is 242 g/mol. The first kappa shape index (κ1) is 13.4. The van der Waals surface area contributed by atoms with Gasteiger partial charge in [-0.3, -0.25) is 0 Å². The third-order valence-corrected chi connectivity index (χ3v) is 2.53. The highest BCUT2D eigenvalue weighted by atomic mass is 16.6. The van der Waals surface area contributed by atoms with Gasteiger partial charge in [0, 0.05) is 7.05 Å². The highest BCUT2D eigenvalue weighted by molar-refractivity contribution is 5.75. The normalized spacial score (nSPS) is 11.6. The van der Waals surface area contributed by atoms with Gasteiger partial charge in [-0.1, -0.05) is 12.1 Å². The third kappa shape index (κ3) is 3.47. The fraction of sp³-hybridized carbons (Fsp3) is 0.429. The van der Waals surface area contributed by atoms with Gasteiger partial charge in [0.25, 0.3) is 0 Å². The summed E-state index contributed by atoms with van der Waals surface area (Å²) in [6.07, 6.45) is -0.354. The molecule has 5 heteroatoms. The monoisotopic (exact) mass is 261 g/mol. The number of ether oxygens (including phenoxy) is 1. The number of carbonyl (C=O) groups is 1. The lowest BCUT2D eigenvalue weighted by molar-refractivity contribution is 0.0281. The van der Waals surface area contributed by atoms with Crippen LogP contribution in [0.1, 0.15) is 26.6 Å². The first-order valence-corrected chi connectivity index (χ1v) is 6.23. The first-order chi connectivity index (χ1) is 8.85. The van der Waals surface area contributed by atoms with Gasteiger partial charge in [-0.25, -0.2) is 9.78 Å². The molecule has 2 rings (SSSR count).